The molecule has 82 valence electrons. The van der Waals surface area contributed by atoms with Crippen molar-refractivity contribution in [2.75, 3.05) is 0 Å². The third-order valence-corrected chi connectivity index (χ3v) is 2.48. The first-order valence-corrected chi connectivity index (χ1v) is 4.63. The van der Waals surface area contributed by atoms with Crippen molar-refractivity contribution in [3.8, 4) is 0 Å². The van der Waals surface area contributed by atoms with Crippen LogP contribution >= 0.6 is 0 Å². The Balaban J connectivity index is 3.05. The third-order valence-electron chi connectivity index (χ3n) is 2.48. The Morgan fingerprint density at radius 1 is 1.47 bits per heavy atom. The molecule has 1 aromatic heterocycles. The number of carboxylic acids is 1. The van der Waals surface area contributed by atoms with Gasteiger partial charge in [-0.05, 0) is 6.92 Å². The number of hydrogen-bond donors (Lipinski definition) is 2. The minimum absolute atomic E-state index is 0.586. The normalized spacial score (nSPS) is 13.6. The van der Waals surface area contributed by atoms with E-state index in [-0.39, 0.29) is 0 Å². The van der Waals surface area contributed by atoms with Gasteiger partial charge in [-0.1, -0.05) is 13.8 Å². The largest absolute Gasteiger partial charge is 0.480 e. The van der Waals surface area contributed by atoms with E-state index >= 15 is 0 Å². The van der Waals surface area contributed by atoms with Crippen molar-refractivity contribution in [2.45, 2.75) is 32.2 Å². The summed E-state index contributed by atoms with van der Waals surface area (Å²) in [6, 6.07) is -0.991. The highest BCUT2D eigenvalue weighted by atomic mass is 16.4. The van der Waals surface area contributed by atoms with Crippen LogP contribution < -0.4 is 5.73 Å². The molecule has 15 heavy (non-hydrogen) atoms. The number of aromatic nitrogens is 2. The molecule has 0 spiro atoms. The van der Waals surface area contributed by atoms with Gasteiger partial charge in [-0.25, -0.2) is 0 Å². The van der Waals surface area contributed by atoms with Crippen LogP contribution in [0.5, 0.6) is 0 Å². The highest BCUT2D eigenvalue weighted by Gasteiger charge is 2.35. The number of nitrogens with zero attached hydrogens (tertiary/aromatic N) is 2. The van der Waals surface area contributed by atoms with E-state index in [4.69, 9.17) is 10.8 Å². The van der Waals surface area contributed by atoms with E-state index in [9.17, 15) is 4.79 Å². The number of rotatable bonds is 3. The standard InChI is InChI=1S/C10H15N3O2/c1-6-4-13-7(5-12-6)10(2,3)8(11)9(14)15/h4-5,8H,11H2,1-3H3,(H,14,15). The van der Waals surface area contributed by atoms with Crippen molar-refractivity contribution in [3.63, 3.8) is 0 Å². The predicted octanol–water partition coefficient (Wildman–Crippen LogP) is 0.475. The van der Waals surface area contributed by atoms with E-state index in [1.54, 1.807) is 26.2 Å². The first kappa shape index (κ1) is 11.6. The Kier molecular flexibility index (Phi) is 3.04. The van der Waals surface area contributed by atoms with Gasteiger partial charge in [-0.3, -0.25) is 14.8 Å². The molecule has 1 heterocycles. The fraction of sp³-hybridized carbons (Fsp3) is 0.500. The minimum atomic E-state index is -1.04. The van der Waals surface area contributed by atoms with E-state index in [0.717, 1.165) is 5.69 Å². The number of hydrogen-bond acceptors (Lipinski definition) is 4. The summed E-state index contributed by atoms with van der Waals surface area (Å²) in [5, 5.41) is 8.86. The first-order valence-electron chi connectivity index (χ1n) is 4.63. The Hall–Kier alpha value is -1.49. The molecule has 0 aromatic carbocycles. The molecule has 0 aliphatic carbocycles. The fourth-order valence-electron chi connectivity index (χ4n) is 1.19. The van der Waals surface area contributed by atoms with Crippen molar-refractivity contribution in [1.82, 2.24) is 9.97 Å². The maximum absolute atomic E-state index is 10.8. The molecule has 0 fully saturated rings. The second-order valence-electron chi connectivity index (χ2n) is 4.08. The van der Waals surface area contributed by atoms with Crippen LogP contribution in [0.3, 0.4) is 0 Å². The topological polar surface area (TPSA) is 89.1 Å². The molecule has 0 aliphatic rings. The number of aliphatic carboxylic acids is 1. The van der Waals surface area contributed by atoms with Crippen LogP contribution in [0.2, 0.25) is 0 Å². The van der Waals surface area contributed by atoms with Crippen LogP contribution in [0.4, 0.5) is 0 Å². The molecule has 0 amide bonds. The molecular weight excluding hydrogens is 194 g/mol. The van der Waals surface area contributed by atoms with E-state index in [1.807, 2.05) is 6.92 Å². The molecule has 1 aromatic rings. The lowest BCUT2D eigenvalue weighted by Gasteiger charge is -2.27. The van der Waals surface area contributed by atoms with Crippen molar-refractivity contribution >= 4 is 5.97 Å². The first-order chi connectivity index (χ1) is 6.85. The minimum Gasteiger partial charge on any atom is -0.480 e. The zero-order valence-corrected chi connectivity index (χ0v) is 9.06. The van der Waals surface area contributed by atoms with Gasteiger partial charge in [0, 0.05) is 17.8 Å². The summed E-state index contributed by atoms with van der Waals surface area (Å²) in [4.78, 5) is 19.0. The van der Waals surface area contributed by atoms with Gasteiger partial charge in [-0.15, -0.1) is 0 Å². The second kappa shape index (κ2) is 3.94. The third kappa shape index (κ3) is 2.30. The summed E-state index contributed by atoms with van der Waals surface area (Å²) in [5.74, 6) is -1.04. The Morgan fingerprint density at radius 2 is 2.07 bits per heavy atom. The SMILES string of the molecule is Cc1cnc(C(C)(C)C(N)C(=O)O)cn1. The van der Waals surface area contributed by atoms with Gasteiger partial charge in [0.25, 0.3) is 0 Å². The number of carbonyl (C=O) groups is 1. The molecule has 0 saturated carbocycles. The second-order valence-corrected chi connectivity index (χ2v) is 4.08. The molecule has 0 radical (unpaired) electrons. The maximum atomic E-state index is 10.8. The highest BCUT2D eigenvalue weighted by Crippen LogP contribution is 2.23. The van der Waals surface area contributed by atoms with Crippen LogP contribution in [0, 0.1) is 6.92 Å². The van der Waals surface area contributed by atoms with Crippen LogP contribution in [0.25, 0.3) is 0 Å². The van der Waals surface area contributed by atoms with Gasteiger partial charge >= 0.3 is 5.97 Å². The lowest BCUT2D eigenvalue weighted by molar-refractivity contribution is -0.140. The molecular formula is C10H15N3O2. The summed E-state index contributed by atoms with van der Waals surface area (Å²) in [5.41, 5.74) is 6.24. The van der Waals surface area contributed by atoms with Gasteiger partial charge in [0.1, 0.15) is 6.04 Å². The lowest BCUT2D eigenvalue weighted by Crippen LogP contribution is -2.47. The average Bonchev–Trinajstić information content (AvgIpc) is 2.17. The summed E-state index contributed by atoms with van der Waals surface area (Å²) in [6.07, 6.45) is 3.17. The van der Waals surface area contributed by atoms with Crippen LogP contribution in [-0.4, -0.2) is 27.1 Å². The maximum Gasteiger partial charge on any atom is 0.321 e. The predicted molar refractivity (Wildman–Crippen MR) is 55.4 cm³/mol. The van der Waals surface area contributed by atoms with E-state index in [2.05, 4.69) is 9.97 Å². The quantitative estimate of drug-likeness (QED) is 0.755. The van der Waals surface area contributed by atoms with Crippen LogP contribution in [-0.2, 0) is 10.2 Å². The Morgan fingerprint density at radius 3 is 2.47 bits per heavy atom. The van der Waals surface area contributed by atoms with Gasteiger partial charge in [0.05, 0.1) is 11.4 Å². The van der Waals surface area contributed by atoms with Gasteiger partial charge < -0.3 is 10.8 Å². The van der Waals surface area contributed by atoms with Gasteiger partial charge in [-0.2, -0.15) is 0 Å². The van der Waals surface area contributed by atoms with Crippen molar-refractivity contribution in [2.24, 2.45) is 5.73 Å². The molecule has 0 bridgehead atoms. The zero-order chi connectivity index (χ0) is 11.6. The van der Waals surface area contributed by atoms with Gasteiger partial charge in [0.2, 0.25) is 0 Å². The monoisotopic (exact) mass is 209 g/mol. The number of carboxylic acid groups (broad SMARTS) is 1. The van der Waals surface area contributed by atoms with Crippen molar-refractivity contribution in [3.05, 3.63) is 23.8 Å². The van der Waals surface area contributed by atoms with Crippen molar-refractivity contribution < 1.29 is 9.90 Å². The lowest BCUT2D eigenvalue weighted by atomic mass is 9.82. The molecule has 0 aliphatic heterocycles. The summed E-state index contributed by atoms with van der Waals surface area (Å²) < 4.78 is 0. The summed E-state index contributed by atoms with van der Waals surface area (Å²) >= 11 is 0. The van der Waals surface area contributed by atoms with E-state index in [0.29, 0.717) is 5.69 Å². The van der Waals surface area contributed by atoms with Crippen LogP contribution in [0.15, 0.2) is 12.4 Å². The number of aryl methyl sites for hydroxylation is 1. The fourth-order valence-corrected chi connectivity index (χ4v) is 1.19. The molecule has 5 heteroatoms. The number of nitrogens with two attached hydrogens (primary N) is 1. The molecule has 3 N–H and O–H groups in total. The van der Waals surface area contributed by atoms with Gasteiger partial charge in [0.15, 0.2) is 0 Å². The summed E-state index contributed by atoms with van der Waals surface area (Å²) in [7, 11) is 0. The van der Waals surface area contributed by atoms with E-state index < -0.39 is 17.4 Å². The molecule has 1 rings (SSSR count). The smallest absolute Gasteiger partial charge is 0.321 e. The molecule has 1 unspecified atom stereocenters. The molecule has 5 nitrogen and oxygen atoms in total. The van der Waals surface area contributed by atoms with Crippen molar-refractivity contribution in [1.29, 1.82) is 0 Å². The average molecular weight is 209 g/mol. The Bertz CT molecular complexity index is 359. The van der Waals surface area contributed by atoms with E-state index in [1.165, 1.54) is 0 Å². The summed E-state index contributed by atoms with van der Waals surface area (Å²) in [6.45, 7) is 5.30. The highest BCUT2D eigenvalue weighted by molar-refractivity contribution is 5.75. The molecule has 0 saturated heterocycles. The molecule has 1 atom stereocenters. The Labute approximate surface area is 88.4 Å². The zero-order valence-electron chi connectivity index (χ0n) is 9.06. The van der Waals surface area contributed by atoms with Crippen LogP contribution in [0.1, 0.15) is 25.2 Å².